The summed E-state index contributed by atoms with van der Waals surface area (Å²) in [5.74, 6) is -2.47. The zero-order valence-electron chi connectivity index (χ0n) is 48.3. The first-order chi connectivity index (χ1) is 46.2. The van der Waals surface area contributed by atoms with Crippen molar-refractivity contribution in [2.75, 3.05) is 0 Å². The van der Waals surface area contributed by atoms with Crippen molar-refractivity contribution in [1.82, 2.24) is 101 Å². The zero-order valence-corrected chi connectivity index (χ0v) is 48.3. The lowest BCUT2D eigenvalue weighted by Crippen LogP contribution is -2.21. The van der Waals surface area contributed by atoms with Gasteiger partial charge in [0.2, 0.25) is 11.3 Å². The molecule has 0 saturated heterocycles. The van der Waals surface area contributed by atoms with Gasteiger partial charge in [0.05, 0.1) is 46.4 Å². The standard InChI is InChI=1S/C16H10N4O2.4C12H8N4O2/c21-16(13-6-5-11-3-1-2-4-12(11)9-13)22-20-15-7-8-17-10-14(15)18-19-20;17-12(9-5-2-1-3-6-9)18-16-10-7-4-8-13-11(10)14-15-16;17-12(9-5-2-1-3-6-9)18-16-11-10(14-15-16)7-4-8-13-11;17-12(9-4-2-1-3-5-9)18-16-11-6-7-13-8-10(11)14-15-16;17-12(9-4-2-1-3-5-9)18-16-11-8-13-7-6-10(11)14-15-16/h1-10H;4*1-8H. The number of carbonyl (C=O) groups excluding carboxylic acids is 5. The summed E-state index contributed by atoms with van der Waals surface area (Å²) in [6, 6.07) is 59.9. The van der Waals surface area contributed by atoms with Gasteiger partial charge in [-0.2, -0.15) is 0 Å². The number of hydrogen-bond acceptors (Lipinski definition) is 25. The first kappa shape index (κ1) is 60.0. The van der Waals surface area contributed by atoms with Gasteiger partial charge in [-0.3, -0.25) is 15.0 Å². The summed E-state index contributed by atoms with van der Waals surface area (Å²) in [5, 5.41) is 40.0. The summed E-state index contributed by atoms with van der Waals surface area (Å²) in [7, 11) is 0. The molecule has 6 aromatic carbocycles. The second-order valence-electron chi connectivity index (χ2n) is 19.0. The Bertz CT molecular complexity index is 4790. The van der Waals surface area contributed by atoms with E-state index in [1.807, 2.05) is 54.6 Å². The van der Waals surface area contributed by atoms with Gasteiger partial charge in [0, 0.05) is 31.0 Å². The Hall–Kier alpha value is -14.3. The van der Waals surface area contributed by atoms with E-state index >= 15 is 0 Å². The van der Waals surface area contributed by atoms with Gasteiger partial charge in [-0.05, 0) is 145 Å². The molecule has 0 bridgehead atoms. The van der Waals surface area contributed by atoms with Gasteiger partial charge in [0.25, 0.3) is 0 Å². The predicted octanol–water partition coefficient (Wildman–Crippen LogP) is 6.63. The van der Waals surface area contributed by atoms with Crippen molar-refractivity contribution in [3.8, 4) is 0 Å². The Balaban J connectivity index is 0.000000113. The molecule has 0 unspecified atom stereocenters. The van der Waals surface area contributed by atoms with E-state index < -0.39 is 29.8 Å². The highest BCUT2D eigenvalue weighted by Gasteiger charge is 2.17. The van der Waals surface area contributed by atoms with Crippen molar-refractivity contribution in [3.63, 3.8) is 0 Å². The number of pyridine rings is 5. The highest BCUT2D eigenvalue weighted by Crippen LogP contribution is 2.17. The van der Waals surface area contributed by atoms with Gasteiger partial charge in [-0.15, -0.1) is 25.5 Å². The Morgan fingerprint density at radius 2 is 0.681 bits per heavy atom. The van der Waals surface area contributed by atoms with Crippen LogP contribution in [0.2, 0.25) is 0 Å². The molecule has 0 fully saturated rings. The summed E-state index contributed by atoms with van der Waals surface area (Å²) in [6.45, 7) is 0. The Morgan fingerprint density at radius 1 is 0.277 bits per heavy atom. The number of fused-ring (bicyclic) bond motifs is 6. The van der Waals surface area contributed by atoms with E-state index in [1.54, 1.807) is 195 Å². The highest BCUT2D eigenvalue weighted by atomic mass is 16.7. The van der Waals surface area contributed by atoms with Gasteiger partial charge in [0.15, 0.2) is 5.52 Å². The van der Waals surface area contributed by atoms with Crippen molar-refractivity contribution in [1.29, 1.82) is 0 Å². The molecule has 30 heteroatoms. The van der Waals surface area contributed by atoms with Crippen LogP contribution in [0.5, 0.6) is 0 Å². The number of rotatable bonds is 10. The minimum absolute atomic E-state index is 0.404. The predicted molar refractivity (Wildman–Crippen MR) is 331 cm³/mol. The molecule has 16 aromatic rings. The molecule has 0 N–H and O–H groups in total. The number of nitrogens with zero attached hydrogens (tertiary/aromatic N) is 20. The van der Waals surface area contributed by atoms with Crippen LogP contribution < -0.4 is 24.2 Å². The maximum atomic E-state index is 12.3. The van der Waals surface area contributed by atoms with E-state index in [2.05, 4.69) is 76.5 Å². The van der Waals surface area contributed by atoms with Crippen LogP contribution in [0, 0.1) is 0 Å². The average Bonchev–Trinajstić information content (AvgIpc) is 4.10. The van der Waals surface area contributed by atoms with E-state index in [4.69, 9.17) is 24.2 Å². The third kappa shape index (κ3) is 14.5. The monoisotopic (exact) mass is 1250 g/mol. The molecule has 0 atom stereocenters. The lowest BCUT2D eigenvalue weighted by Gasteiger charge is -2.04. The van der Waals surface area contributed by atoms with Crippen LogP contribution in [0.15, 0.2) is 256 Å². The topological polar surface area (TPSA) is 349 Å². The van der Waals surface area contributed by atoms with E-state index in [0.29, 0.717) is 83.2 Å². The third-order valence-electron chi connectivity index (χ3n) is 12.9. The molecule has 94 heavy (non-hydrogen) atoms. The van der Waals surface area contributed by atoms with Gasteiger partial charge in [0.1, 0.15) is 38.6 Å². The molecule has 0 aliphatic rings. The summed E-state index contributed by atoms with van der Waals surface area (Å²) in [4.78, 5) is 110. The van der Waals surface area contributed by atoms with Crippen molar-refractivity contribution in [2.45, 2.75) is 0 Å². The molecular weight excluding hydrogens is 1210 g/mol. The second kappa shape index (κ2) is 28.7. The summed E-state index contributed by atoms with van der Waals surface area (Å²) in [6.07, 6.45) is 12.6. The zero-order chi connectivity index (χ0) is 64.4. The van der Waals surface area contributed by atoms with Crippen LogP contribution >= 0.6 is 0 Å². The van der Waals surface area contributed by atoms with Crippen molar-refractivity contribution in [3.05, 3.63) is 284 Å². The first-order valence-electron chi connectivity index (χ1n) is 27.8. The quantitative estimate of drug-likeness (QED) is 0.130. The van der Waals surface area contributed by atoms with E-state index in [0.717, 1.165) is 35.0 Å². The third-order valence-corrected chi connectivity index (χ3v) is 12.9. The average molecular weight is 1250 g/mol. The summed E-state index contributed by atoms with van der Waals surface area (Å²) < 4.78 is 0. The smallest absolute Gasteiger partial charge is 0.312 e. The van der Waals surface area contributed by atoms with Crippen LogP contribution in [-0.4, -0.2) is 131 Å². The molecule has 10 heterocycles. The van der Waals surface area contributed by atoms with Crippen LogP contribution in [-0.2, 0) is 0 Å². The van der Waals surface area contributed by atoms with Crippen LogP contribution in [0.4, 0.5) is 0 Å². The van der Waals surface area contributed by atoms with Crippen molar-refractivity contribution >= 4 is 96.0 Å². The van der Waals surface area contributed by atoms with E-state index in [9.17, 15) is 24.0 Å². The molecule has 458 valence electrons. The normalized spacial score (nSPS) is 10.6. The molecule has 0 amide bonds. The molecule has 0 spiro atoms. The first-order valence-corrected chi connectivity index (χ1v) is 27.8. The fourth-order valence-electron chi connectivity index (χ4n) is 8.35. The molecule has 30 nitrogen and oxygen atoms in total. The van der Waals surface area contributed by atoms with Crippen LogP contribution in [0.1, 0.15) is 51.8 Å². The lowest BCUT2D eigenvalue weighted by atomic mass is 10.1. The fraction of sp³-hybridized carbons (Fsp3) is 0. The van der Waals surface area contributed by atoms with Crippen LogP contribution in [0.3, 0.4) is 0 Å². The molecule has 0 radical (unpaired) electrons. The van der Waals surface area contributed by atoms with Crippen molar-refractivity contribution in [2.24, 2.45) is 0 Å². The van der Waals surface area contributed by atoms with Gasteiger partial charge < -0.3 is 24.2 Å². The molecule has 16 rings (SSSR count). The number of benzene rings is 6. The Labute approximate surface area is 526 Å². The molecule has 10 aromatic heterocycles. The maximum absolute atomic E-state index is 12.3. The van der Waals surface area contributed by atoms with E-state index in [-0.39, 0.29) is 0 Å². The lowest BCUT2D eigenvalue weighted by molar-refractivity contribution is 0.0397. The molecular formula is C64H42N20O10. The van der Waals surface area contributed by atoms with Crippen molar-refractivity contribution < 1.29 is 48.2 Å². The summed E-state index contributed by atoms with van der Waals surface area (Å²) >= 11 is 0. The van der Waals surface area contributed by atoms with Crippen LogP contribution in [0.25, 0.3) is 66.2 Å². The minimum Gasteiger partial charge on any atom is -0.312 e. The Morgan fingerprint density at radius 3 is 1.23 bits per heavy atom. The molecule has 0 saturated carbocycles. The SMILES string of the molecule is O=C(On1nnc2cccnc21)c1ccccc1.O=C(On1nnc2ccncc21)c1ccccc1.O=C(On1nnc2cnccc21)c1ccc2ccccc2c1.O=C(On1nnc2cnccc21)c1ccccc1.O=C(On1nnc2ncccc21)c1ccccc1. The largest absolute Gasteiger partial charge is 0.365 e. The second-order valence-corrected chi connectivity index (χ2v) is 19.0. The van der Waals surface area contributed by atoms with Gasteiger partial charge >= 0.3 is 29.8 Å². The number of aromatic nitrogens is 20. The number of carbonyl (C=O) groups is 5. The minimum atomic E-state index is -0.506. The van der Waals surface area contributed by atoms with Gasteiger partial charge in [-0.25, -0.2) is 33.9 Å². The molecule has 0 aliphatic heterocycles. The Kier molecular flexibility index (Phi) is 18.3. The van der Waals surface area contributed by atoms with Gasteiger partial charge in [-0.1, -0.05) is 123 Å². The maximum Gasteiger partial charge on any atom is 0.365 e. The highest BCUT2D eigenvalue weighted by molar-refractivity contribution is 5.96. The van der Waals surface area contributed by atoms with E-state index in [1.165, 1.54) is 6.20 Å². The number of hydrogen-bond donors (Lipinski definition) is 0. The fourth-order valence-corrected chi connectivity index (χ4v) is 8.35. The molecule has 0 aliphatic carbocycles. The summed E-state index contributed by atoms with van der Waals surface area (Å²) in [5.41, 5.74) is 7.66.